The Morgan fingerprint density at radius 2 is 1.96 bits per heavy atom. The molecule has 46 heavy (non-hydrogen) atoms. The molecule has 4 heterocycles. The van der Waals surface area contributed by atoms with E-state index in [1.165, 1.54) is 0 Å². The van der Waals surface area contributed by atoms with Crippen molar-refractivity contribution in [2.24, 2.45) is 5.92 Å². The van der Waals surface area contributed by atoms with E-state index in [-0.39, 0.29) is 5.92 Å². The van der Waals surface area contributed by atoms with E-state index in [1.54, 1.807) is 19.3 Å². The second-order valence-corrected chi connectivity index (χ2v) is 13.6. The van der Waals surface area contributed by atoms with Crippen molar-refractivity contribution in [2.45, 2.75) is 63.6 Å². The van der Waals surface area contributed by atoms with E-state index in [4.69, 9.17) is 5.10 Å². The highest BCUT2D eigenvalue weighted by atomic mass is 19.1. The lowest BCUT2D eigenvalue weighted by Gasteiger charge is -2.52. The molecule has 1 aliphatic carbocycles. The zero-order valence-electron chi connectivity index (χ0n) is 27.4. The fraction of sp³-hybridized carbons (Fsp3) is 0.486. The van der Waals surface area contributed by atoms with Gasteiger partial charge in [0.2, 0.25) is 0 Å². The molecule has 1 saturated carbocycles. The SMILES string of the molecule is CC(C)C(C)(F)c1cc(CN(C)C)cc(C(O)N2CCN(C3CC(C=CC#N)(n4cc(-c5ncnc6[nH]ccc56)cn4)C3)CC2)c1. The van der Waals surface area contributed by atoms with Crippen LogP contribution < -0.4 is 0 Å². The molecule has 0 radical (unpaired) electrons. The summed E-state index contributed by atoms with van der Waals surface area (Å²) in [5.74, 6) is -0.191. The van der Waals surface area contributed by atoms with E-state index >= 15 is 4.39 Å². The topological polar surface area (TPSA) is 113 Å². The molecular formula is C35H44FN9O. The summed E-state index contributed by atoms with van der Waals surface area (Å²) in [7, 11) is 3.99. The molecule has 2 atom stereocenters. The van der Waals surface area contributed by atoms with Gasteiger partial charge in [-0.1, -0.05) is 26.0 Å². The van der Waals surface area contributed by atoms with Crippen molar-refractivity contribution in [1.82, 2.24) is 39.4 Å². The number of hydrogen-bond donors (Lipinski definition) is 2. The van der Waals surface area contributed by atoms with Gasteiger partial charge in [0.1, 0.15) is 23.9 Å². The lowest BCUT2D eigenvalue weighted by Crippen LogP contribution is -2.60. The van der Waals surface area contributed by atoms with Crippen molar-refractivity contribution in [1.29, 1.82) is 5.26 Å². The van der Waals surface area contributed by atoms with Gasteiger partial charge in [-0.25, -0.2) is 14.4 Å². The molecule has 0 bridgehead atoms. The monoisotopic (exact) mass is 625 g/mol. The molecule has 2 fully saturated rings. The van der Waals surface area contributed by atoms with Crippen molar-refractivity contribution in [2.75, 3.05) is 40.3 Å². The Morgan fingerprint density at radius 1 is 1.20 bits per heavy atom. The number of H-pyrrole nitrogens is 1. The number of benzene rings is 1. The second kappa shape index (κ2) is 12.7. The van der Waals surface area contributed by atoms with Crippen molar-refractivity contribution in [3.8, 4) is 17.3 Å². The van der Waals surface area contributed by atoms with Crippen LogP contribution in [-0.2, 0) is 17.8 Å². The van der Waals surface area contributed by atoms with Crippen LogP contribution in [0.3, 0.4) is 0 Å². The van der Waals surface area contributed by atoms with E-state index in [0.717, 1.165) is 59.3 Å². The second-order valence-electron chi connectivity index (χ2n) is 13.6. The highest BCUT2D eigenvalue weighted by Crippen LogP contribution is 2.44. The first-order chi connectivity index (χ1) is 22.0. The molecule has 2 aliphatic rings. The molecular weight excluding hydrogens is 581 g/mol. The third-order valence-electron chi connectivity index (χ3n) is 9.98. The minimum absolute atomic E-state index is 0.191. The molecule has 3 aromatic heterocycles. The number of nitriles is 1. The number of nitrogens with zero attached hydrogens (tertiary/aromatic N) is 8. The van der Waals surface area contributed by atoms with Gasteiger partial charge >= 0.3 is 0 Å². The number of aromatic amines is 1. The maximum Gasteiger partial charge on any atom is 0.141 e. The molecule has 11 heteroatoms. The standard InChI is InChI=1S/C35H44FN9O/c1-24(2)34(3,36)28-16-25(21-42(4)5)15-26(17-28)33(46)44-13-11-43(12-14-44)29-18-35(19-29,8-6-9-37)45-22-27(20-41-45)31-30-7-10-38-32(30)40-23-39-31/h6-8,10,15-17,20,22-24,29,33,46H,11-14,18-19,21H2,1-5H3,(H,38,39,40). The number of piperazine rings is 1. The van der Waals surface area contributed by atoms with Crippen LogP contribution in [0.5, 0.6) is 0 Å². The molecule has 0 spiro atoms. The Bertz CT molecular complexity index is 1740. The number of alkyl halides is 1. The summed E-state index contributed by atoms with van der Waals surface area (Å²) in [6.07, 6.45) is 11.6. The van der Waals surface area contributed by atoms with E-state index in [9.17, 15) is 10.4 Å². The Balaban J connectivity index is 1.14. The first-order valence-electron chi connectivity index (χ1n) is 16.1. The summed E-state index contributed by atoms with van der Waals surface area (Å²) in [5.41, 5.74) is 2.97. The van der Waals surface area contributed by atoms with Crippen LogP contribution in [0.1, 0.15) is 56.5 Å². The highest BCUT2D eigenvalue weighted by Gasteiger charge is 2.47. The maximum absolute atomic E-state index is 15.8. The molecule has 1 saturated heterocycles. The molecule has 4 aromatic rings. The van der Waals surface area contributed by atoms with Gasteiger partial charge in [-0.05, 0) is 74.7 Å². The Kier molecular flexibility index (Phi) is 8.83. The molecule has 2 unspecified atom stereocenters. The number of fused-ring (bicyclic) bond motifs is 1. The Morgan fingerprint density at radius 3 is 2.65 bits per heavy atom. The number of rotatable bonds is 10. The Hall–Kier alpha value is -3.95. The smallest absolute Gasteiger partial charge is 0.141 e. The average molecular weight is 626 g/mol. The molecule has 1 aromatic carbocycles. The van der Waals surface area contributed by atoms with Gasteiger partial charge in [0.25, 0.3) is 0 Å². The van der Waals surface area contributed by atoms with Gasteiger partial charge in [0, 0.05) is 68.2 Å². The normalized spacial score (nSPS) is 23.2. The van der Waals surface area contributed by atoms with Crippen molar-refractivity contribution in [3.05, 3.63) is 78.0 Å². The van der Waals surface area contributed by atoms with Crippen LogP contribution in [0.25, 0.3) is 22.3 Å². The first-order valence-corrected chi connectivity index (χ1v) is 16.1. The van der Waals surface area contributed by atoms with E-state index < -0.39 is 17.4 Å². The van der Waals surface area contributed by atoms with Gasteiger partial charge in [-0.3, -0.25) is 14.5 Å². The van der Waals surface area contributed by atoms with Crippen LogP contribution in [-0.4, -0.2) is 90.9 Å². The predicted molar refractivity (Wildman–Crippen MR) is 176 cm³/mol. The summed E-state index contributed by atoms with van der Waals surface area (Å²) < 4.78 is 17.8. The molecule has 1 aliphatic heterocycles. The van der Waals surface area contributed by atoms with Crippen LogP contribution >= 0.6 is 0 Å². The molecule has 0 amide bonds. The molecule has 6 rings (SSSR count). The zero-order chi connectivity index (χ0) is 32.6. The van der Waals surface area contributed by atoms with Gasteiger partial charge < -0.3 is 15.0 Å². The minimum Gasteiger partial charge on any atom is -0.374 e. The number of allylic oxidation sites excluding steroid dienone is 2. The fourth-order valence-corrected chi connectivity index (χ4v) is 6.89. The van der Waals surface area contributed by atoms with Crippen LogP contribution in [0.4, 0.5) is 4.39 Å². The number of aromatic nitrogens is 5. The average Bonchev–Trinajstić information content (AvgIpc) is 3.71. The van der Waals surface area contributed by atoms with E-state index in [1.807, 2.05) is 81.6 Å². The summed E-state index contributed by atoms with van der Waals surface area (Å²) in [6.45, 7) is 9.12. The quantitative estimate of drug-likeness (QED) is 0.238. The minimum atomic E-state index is -1.50. The lowest BCUT2D eigenvalue weighted by atomic mass is 9.71. The zero-order valence-corrected chi connectivity index (χ0v) is 27.4. The summed E-state index contributed by atoms with van der Waals surface area (Å²) in [5, 5.41) is 26.6. The van der Waals surface area contributed by atoms with Crippen molar-refractivity contribution in [3.63, 3.8) is 0 Å². The summed E-state index contributed by atoms with van der Waals surface area (Å²) in [6, 6.07) is 10.3. The van der Waals surface area contributed by atoms with Crippen LogP contribution in [0.2, 0.25) is 0 Å². The fourth-order valence-electron chi connectivity index (χ4n) is 6.89. The largest absolute Gasteiger partial charge is 0.374 e. The van der Waals surface area contributed by atoms with Gasteiger partial charge in [0.15, 0.2) is 0 Å². The number of aliphatic hydroxyl groups is 1. The Labute approximate surface area is 270 Å². The van der Waals surface area contributed by atoms with Crippen molar-refractivity contribution >= 4 is 11.0 Å². The molecule has 2 N–H and O–H groups in total. The van der Waals surface area contributed by atoms with Crippen LogP contribution in [0.15, 0.2) is 61.3 Å². The highest BCUT2D eigenvalue weighted by molar-refractivity contribution is 5.90. The van der Waals surface area contributed by atoms with Crippen LogP contribution in [0, 0.1) is 17.2 Å². The number of hydrogen-bond acceptors (Lipinski definition) is 8. The van der Waals surface area contributed by atoms with Crippen molar-refractivity contribution < 1.29 is 9.50 Å². The molecule has 242 valence electrons. The number of halogens is 1. The lowest BCUT2D eigenvalue weighted by molar-refractivity contribution is -0.0552. The first kappa shape index (κ1) is 32.0. The third-order valence-corrected chi connectivity index (χ3v) is 9.98. The van der Waals surface area contributed by atoms with Gasteiger partial charge in [-0.15, -0.1) is 0 Å². The van der Waals surface area contributed by atoms with E-state index in [0.29, 0.717) is 31.2 Å². The maximum atomic E-state index is 15.8. The predicted octanol–water partition coefficient (Wildman–Crippen LogP) is 4.97. The van der Waals surface area contributed by atoms with Gasteiger partial charge in [-0.2, -0.15) is 10.4 Å². The third kappa shape index (κ3) is 6.10. The van der Waals surface area contributed by atoms with Gasteiger partial charge in [0.05, 0.1) is 23.5 Å². The number of aliphatic hydroxyl groups excluding tert-OH is 1. The number of nitrogens with one attached hydrogen (secondary N) is 1. The summed E-state index contributed by atoms with van der Waals surface area (Å²) in [4.78, 5) is 18.6. The van der Waals surface area contributed by atoms with E-state index in [2.05, 4.69) is 35.7 Å². The molecule has 10 nitrogen and oxygen atoms in total. The summed E-state index contributed by atoms with van der Waals surface area (Å²) >= 11 is 0.